The number of amides is 1. The minimum Gasteiger partial charge on any atom is -0.360 e. The molecule has 0 N–H and O–H groups in total. The van der Waals surface area contributed by atoms with Crippen molar-refractivity contribution < 1.29 is 9.32 Å². The fourth-order valence-electron chi connectivity index (χ4n) is 3.87. The van der Waals surface area contributed by atoms with Crippen molar-refractivity contribution in [3.63, 3.8) is 0 Å². The Balaban J connectivity index is 1.56. The minimum atomic E-state index is -0.156. The standard InChI is InChI=1S/C24H27N3O2/c1-4-26(3)24(28)17(2)27-15-14-22-21(16-27)23(25-29-22)20-12-10-19(11-13-20)18-8-6-5-7-9-18/h5-13,17H,4,14-16H2,1-3H3/t17-/m0/s1. The van der Waals surface area contributed by atoms with Gasteiger partial charge in [-0.1, -0.05) is 59.8 Å². The van der Waals surface area contributed by atoms with Gasteiger partial charge in [0.2, 0.25) is 5.91 Å². The van der Waals surface area contributed by atoms with Crippen LogP contribution in [0.25, 0.3) is 22.4 Å². The first-order valence-corrected chi connectivity index (χ1v) is 10.2. The highest BCUT2D eigenvalue weighted by atomic mass is 16.5. The lowest BCUT2D eigenvalue weighted by atomic mass is 9.98. The van der Waals surface area contributed by atoms with Crippen molar-refractivity contribution in [3.8, 4) is 22.4 Å². The number of rotatable bonds is 5. The Hall–Kier alpha value is -2.92. The van der Waals surface area contributed by atoms with E-state index in [9.17, 15) is 4.79 Å². The monoisotopic (exact) mass is 389 g/mol. The van der Waals surface area contributed by atoms with Crippen molar-refractivity contribution in [3.05, 3.63) is 65.9 Å². The van der Waals surface area contributed by atoms with Gasteiger partial charge in [0.1, 0.15) is 11.5 Å². The first-order chi connectivity index (χ1) is 14.1. The number of carbonyl (C=O) groups is 1. The van der Waals surface area contributed by atoms with Gasteiger partial charge >= 0.3 is 0 Å². The first-order valence-electron chi connectivity index (χ1n) is 10.2. The zero-order valence-electron chi connectivity index (χ0n) is 17.3. The molecule has 1 aromatic heterocycles. The lowest BCUT2D eigenvalue weighted by Crippen LogP contribution is -2.47. The summed E-state index contributed by atoms with van der Waals surface area (Å²) in [7, 11) is 1.85. The van der Waals surface area contributed by atoms with E-state index >= 15 is 0 Å². The number of hydrogen-bond donors (Lipinski definition) is 0. The van der Waals surface area contributed by atoms with Crippen molar-refractivity contribution in [2.45, 2.75) is 32.9 Å². The number of hydrogen-bond acceptors (Lipinski definition) is 4. The van der Waals surface area contributed by atoms with Crippen LogP contribution in [0.5, 0.6) is 0 Å². The van der Waals surface area contributed by atoms with Crippen molar-refractivity contribution in [1.29, 1.82) is 0 Å². The van der Waals surface area contributed by atoms with E-state index < -0.39 is 0 Å². The molecule has 3 aromatic rings. The molecule has 5 nitrogen and oxygen atoms in total. The van der Waals surface area contributed by atoms with Gasteiger partial charge in [0.05, 0.1) is 6.04 Å². The Morgan fingerprint density at radius 1 is 1.10 bits per heavy atom. The topological polar surface area (TPSA) is 49.6 Å². The molecule has 1 aliphatic heterocycles. The predicted octanol–water partition coefficient (Wildman–Crippen LogP) is 4.23. The smallest absolute Gasteiger partial charge is 0.239 e. The van der Waals surface area contributed by atoms with Crippen molar-refractivity contribution in [2.75, 3.05) is 20.1 Å². The second-order valence-electron chi connectivity index (χ2n) is 7.63. The summed E-state index contributed by atoms with van der Waals surface area (Å²) in [6.07, 6.45) is 0.776. The second-order valence-corrected chi connectivity index (χ2v) is 7.63. The molecule has 0 bridgehead atoms. The highest BCUT2D eigenvalue weighted by Gasteiger charge is 2.31. The van der Waals surface area contributed by atoms with Crippen LogP contribution in [-0.4, -0.2) is 47.0 Å². The summed E-state index contributed by atoms with van der Waals surface area (Å²) in [4.78, 5) is 16.6. The molecule has 29 heavy (non-hydrogen) atoms. The molecule has 0 unspecified atom stereocenters. The predicted molar refractivity (Wildman–Crippen MR) is 114 cm³/mol. The van der Waals surface area contributed by atoms with E-state index in [0.29, 0.717) is 13.1 Å². The van der Waals surface area contributed by atoms with Gasteiger partial charge in [0.15, 0.2) is 0 Å². The highest BCUT2D eigenvalue weighted by molar-refractivity contribution is 5.81. The van der Waals surface area contributed by atoms with E-state index in [1.807, 2.05) is 39.1 Å². The molecule has 0 saturated heterocycles. The third kappa shape index (κ3) is 3.83. The number of likely N-dealkylation sites (N-methyl/N-ethyl adjacent to an activating group) is 1. The molecule has 0 saturated carbocycles. The minimum absolute atomic E-state index is 0.154. The van der Waals surface area contributed by atoms with E-state index in [4.69, 9.17) is 4.52 Å². The molecule has 5 heteroatoms. The van der Waals surface area contributed by atoms with Gasteiger partial charge in [-0.3, -0.25) is 9.69 Å². The molecule has 1 amide bonds. The summed E-state index contributed by atoms with van der Waals surface area (Å²) >= 11 is 0. The number of fused-ring (bicyclic) bond motifs is 1. The molecule has 1 aliphatic rings. The molecule has 150 valence electrons. The summed E-state index contributed by atoms with van der Waals surface area (Å²) < 4.78 is 5.64. The van der Waals surface area contributed by atoms with Crippen LogP contribution in [0.4, 0.5) is 0 Å². The molecule has 0 fully saturated rings. The first kappa shape index (κ1) is 19.4. The Kier molecular flexibility index (Phi) is 5.49. The molecule has 1 atom stereocenters. The van der Waals surface area contributed by atoms with E-state index in [1.54, 1.807) is 4.90 Å². The Bertz CT molecular complexity index is 979. The molecule has 2 heterocycles. The molecule has 2 aromatic carbocycles. The van der Waals surface area contributed by atoms with E-state index in [0.717, 1.165) is 35.5 Å². The van der Waals surface area contributed by atoms with Crippen LogP contribution in [0.15, 0.2) is 59.1 Å². The molecule has 0 radical (unpaired) electrons. The Morgan fingerprint density at radius 2 is 1.76 bits per heavy atom. The summed E-state index contributed by atoms with van der Waals surface area (Å²) in [6, 6.07) is 18.6. The zero-order chi connectivity index (χ0) is 20.4. The van der Waals surface area contributed by atoms with Crippen LogP contribution in [0.1, 0.15) is 25.2 Å². The van der Waals surface area contributed by atoms with Crippen molar-refractivity contribution >= 4 is 5.91 Å². The van der Waals surface area contributed by atoms with Crippen LogP contribution in [-0.2, 0) is 17.8 Å². The second kappa shape index (κ2) is 8.21. The largest absolute Gasteiger partial charge is 0.360 e. The lowest BCUT2D eigenvalue weighted by Gasteiger charge is -2.33. The number of nitrogens with zero attached hydrogens (tertiary/aromatic N) is 3. The van der Waals surface area contributed by atoms with E-state index in [-0.39, 0.29) is 11.9 Å². The van der Waals surface area contributed by atoms with Crippen LogP contribution >= 0.6 is 0 Å². The highest BCUT2D eigenvalue weighted by Crippen LogP contribution is 2.32. The maximum Gasteiger partial charge on any atom is 0.239 e. The summed E-state index contributed by atoms with van der Waals surface area (Å²) in [5, 5.41) is 4.36. The van der Waals surface area contributed by atoms with Crippen LogP contribution in [0.2, 0.25) is 0 Å². The molecule has 0 spiro atoms. The molecule has 0 aliphatic carbocycles. The summed E-state index contributed by atoms with van der Waals surface area (Å²) in [5.74, 6) is 1.09. The van der Waals surface area contributed by atoms with Crippen LogP contribution < -0.4 is 0 Å². The summed E-state index contributed by atoms with van der Waals surface area (Å²) in [6.45, 7) is 6.18. The van der Waals surface area contributed by atoms with Crippen LogP contribution in [0, 0.1) is 0 Å². The third-order valence-electron chi connectivity index (χ3n) is 5.88. The molecular weight excluding hydrogens is 362 g/mol. The van der Waals surface area contributed by atoms with Gasteiger partial charge in [-0.2, -0.15) is 0 Å². The van der Waals surface area contributed by atoms with Crippen molar-refractivity contribution in [1.82, 2.24) is 15.0 Å². The number of benzene rings is 2. The van der Waals surface area contributed by atoms with E-state index in [1.165, 1.54) is 11.1 Å². The fourth-order valence-corrected chi connectivity index (χ4v) is 3.87. The maximum absolute atomic E-state index is 12.6. The quantitative estimate of drug-likeness (QED) is 0.655. The van der Waals surface area contributed by atoms with Gasteiger partial charge in [0.25, 0.3) is 0 Å². The lowest BCUT2D eigenvalue weighted by molar-refractivity contribution is -0.135. The van der Waals surface area contributed by atoms with Crippen molar-refractivity contribution in [2.24, 2.45) is 0 Å². The summed E-state index contributed by atoms with van der Waals surface area (Å²) in [5.41, 5.74) is 5.39. The maximum atomic E-state index is 12.6. The number of carbonyl (C=O) groups excluding carboxylic acids is 1. The molecular formula is C24H27N3O2. The van der Waals surface area contributed by atoms with Gasteiger partial charge in [0, 0.05) is 44.2 Å². The van der Waals surface area contributed by atoms with Gasteiger partial charge in [-0.25, -0.2) is 0 Å². The number of aromatic nitrogens is 1. The van der Waals surface area contributed by atoms with Gasteiger partial charge in [-0.05, 0) is 25.0 Å². The average Bonchev–Trinajstić information content (AvgIpc) is 3.21. The third-order valence-corrected chi connectivity index (χ3v) is 5.88. The average molecular weight is 389 g/mol. The van der Waals surface area contributed by atoms with Gasteiger partial charge in [-0.15, -0.1) is 0 Å². The van der Waals surface area contributed by atoms with E-state index in [2.05, 4.69) is 46.5 Å². The van der Waals surface area contributed by atoms with Gasteiger partial charge < -0.3 is 9.42 Å². The van der Waals surface area contributed by atoms with Crippen LogP contribution in [0.3, 0.4) is 0 Å². The SMILES string of the molecule is CCN(C)C(=O)[C@H](C)N1CCc2onc(-c3ccc(-c4ccccc4)cc3)c2C1. The Morgan fingerprint density at radius 3 is 2.45 bits per heavy atom. The fraction of sp³-hybridized carbons (Fsp3) is 0.333. The molecule has 4 rings (SSSR count). The normalized spacial score (nSPS) is 15.0. The zero-order valence-corrected chi connectivity index (χ0v) is 17.3. The Labute approximate surface area is 171 Å².